The molecule has 10 heteroatoms. The summed E-state index contributed by atoms with van der Waals surface area (Å²) in [4.78, 5) is 15.2. The average molecular weight is 459 g/mol. The minimum atomic E-state index is -4.52. The van der Waals surface area contributed by atoms with Crippen molar-refractivity contribution in [2.45, 2.75) is 25.6 Å². The number of hydrogen-bond acceptors (Lipinski definition) is 4. The Kier molecular flexibility index (Phi) is 4.66. The zero-order valence-corrected chi connectivity index (χ0v) is 18.5. The first-order valence-electron chi connectivity index (χ1n) is 10.1. The average Bonchev–Trinajstić information content (AvgIpc) is 3.44. The van der Waals surface area contributed by atoms with Crippen molar-refractivity contribution in [2.75, 3.05) is 6.54 Å². The van der Waals surface area contributed by atoms with Crippen LogP contribution in [0.1, 0.15) is 40.3 Å². The number of amides is 1. The van der Waals surface area contributed by atoms with Crippen LogP contribution in [-0.4, -0.2) is 36.9 Å². The minimum Gasteiger partial charge on any atom is -0.330 e. The van der Waals surface area contributed by atoms with E-state index >= 15 is 0 Å². The van der Waals surface area contributed by atoms with Gasteiger partial charge in [-0.2, -0.15) is 23.4 Å². The maximum absolute atomic E-state index is 13.4. The van der Waals surface area contributed by atoms with Gasteiger partial charge in [-0.15, -0.1) is 11.3 Å². The summed E-state index contributed by atoms with van der Waals surface area (Å²) in [6.45, 7) is 2.36. The Balaban J connectivity index is 1.53. The number of halogens is 3. The molecule has 0 saturated carbocycles. The quantitative estimate of drug-likeness (QED) is 0.432. The summed E-state index contributed by atoms with van der Waals surface area (Å²) in [5.74, 6) is -0.0664. The van der Waals surface area contributed by atoms with Crippen LogP contribution < -0.4 is 0 Å². The number of benzene rings is 1. The molecule has 0 unspecified atom stereocenters. The van der Waals surface area contributed by atoms with Gasteiger partial charge in [-0.1, -0.05) is 12.1 Å². The van der Waals surface area contributed by atoms with Crippen molar-refractivity contribution in [3.63, 3.8) is 0 Å². The van der Waals surface area contributed by atoms with Crippen LogP contribution in [0.3, 0.4) is 0 Å². The fourth-order valence-electron chi connectivity index (χ4n) is 4.49. The SMILES string of the molecule is C[C@H]1c2nn(C)c(-c3cc(C(F)(F)F)nn3C)c2CCN1C(=O)c1cccc2ccsc12. The van der Waals surface area contributed by atoms with Gasteiger partial charge in [0.25, 0.3) is 5.91 Å². The molecule has 6 nitrogen and oxygen atoms in total. The number of thiophene rings is 1. The molecule has 0 bridgehead atoms. The lowest BCUT2D eigenvalue weighted by Crippen LogP contribution is -2.39. The molecular formula is C22H20F3N5OS. The number of nitrogens with zero attached hydrogens (tertiary/aromatic N) is 5. The summed E-state index contributed by atoms with van der Waals surface area (Å²) in [5.41, 5.74) is 2.24. The monoisotopic (exact) mass is 459 g/mol. The Morgan fingerprint density at radius 1 is 1.16 bits per heavy atom. The number of alkyl halides is 3. The van der Waals surface area contributed by atoms with Gasteiger partial charge in [-0.25, -0.2) is 0 Å². The largest absolute Gasteiger partial charge is 0.435 e. The molecule has 0 aliphatic carbocycles. The third-order valence-corrected chi connectivity index (χ3v) is 6.99. The first-order chi connectivity index (χ1) is 15.2. The molecule has 1 atom stereocenters. The Hall–Kier alpha value is -3.14. The van der Waals surface area contributed by atoms with Gasteiger partial charge in [0.1, 0.15) is 0 Å². The van der Waals surface area contributed by atoms with Crippen LogP contribution in [0.2, 0.25) is 0 Å². The van der Waals surface area contributed by atoms with E-state index in [1.165, 1.54) is 23.1 Å². The molecule has 0 N–H and O–H groups in total. The normalized spacial score (nSPS) is 16.6. The van der Waals surface area contributed by atoms with E-state index in [1.54, 1.807) is 16.6 Å². The lowest BCUT2D eigenvalue weighted by molar-refractivity contribution is -0.141. The summed E-state index contributed by atoms with van der Waals surface area (Å²) >= 11 is 1.53. The van der Waals surface area contributed by atoms with Gasteiger partial charge in [-0.3, -0.25) is 14.2 Å². The van der Waals surface area contributed by atoms with E-state index in [9.17, 15) is 18.0 Å². The van der Waals surface area contributed by atoms with E-state index in [2.05, 4.69) is 10.2 Å². The lowest BCUT2D eigenvalue weighted by Gasteiger charge is -2.33. The van der Waals surface area contributed by atoms with E-state index in [-0.39, 0.29) is 11.9 Å². The van der Waals surface area contributed by atoms with Gasteiger partial charge >= 0.3 is 6.18 Å². The predicted octanol–water partition coefficient (Wildman–Crippen LogP) is 4.81. The van der Waals surface area contributed by atoms with Crippen LogP contribution in [-0.2, 0) is 26.7 Å². The molecule has 1 aromatic carbocycles. The molecular weight excluding hydrogens is 439 g/mol. The highest BCUT2D eigenvalue weighted by atomic mass is 32.1. The van der Waals surface area contributed by atoms with Gasteiger partial charge in [0.05, 0.1) is 28.7 Å². The summed E-state index contributed by atoms with van der Waals surface area (Å²) < 4.78 is 43.3. The molecule has 1 aliphatic heterocycles. The first kappa shape index (κ1) is 20.7. The first-order valence-corrected chi connectivity index (χ1v) is 11.0. The van der Waals surface area contributed by atoms with E-state index in [4.69, 9.17) is 0 Å². The van der Waals surface area contributed by atoms with Gasteiger partial charge in [0.15, 0.2) is 5.69 Å². The third kappa shape index (κ3) is 3.12. The second-order valence-corrected chi connectivity index (χ2v) is 8.86. The molecule has 4 heterocycles. The minimum absolute atomic E-state index is 0.0664. The number of carbonyl (C=O) groups is 1. The molecule has 166 valence electrons. The zero-order valence-electron chi connectivity index (χ0n) is 17.6. The summed E-state index contributed by atoms with van der Waals surface area (Å²) in [5, 5.41) is 11.2. The van der Waals surface area contributed by atoms with Crippen molar-refractivity contribution < 1.29 is 18.0 Å². The molecule has 4 aromatic rings. The summed E-state index contributed by atoms with van der Waals surface area (Å²) in [7, 11) is 3.20. The van der Waals surface area contributed by atoms with Crippen molar-refractivity contribution >= 4 is 27.3 Å². The van der Waals surface area contributed by atoms with Crippen LogP contribution in [0.25, 0.3) is 21.5 Å². The molecule has 3 aromatic heterocycles. The molecule has 5 rings (SSSR count). The van der Waals surface area contributed by atoms with Gasteiger partial charge in [0, 0.05) is 30.9 Å². The summed E-state index contributed by atoms with van der Waals surface area (Å²) in [6, 6.07) is 8.43. The number of aryl methyl sites for hydroxylation is 2. The van der Waals surface area contributed by atoms with Crippen molar-refractivity contribution in [1.82, 2.24) is 24.5 Å². The molecule has 0 radical (unpaired) electrons. The number of fused-ring (bicyclic) bond motifs is 2. The Labute approximate surface area is 185 Å². The molecule has 32 heavy (non-hydrogen) atoms. The molecule has 1 amide bonds. The maximum Gasteiger partial charge on any atom is 0.435 e. The molecule has 0 spiro atoms. The predicted molar refractivity (Wildman–Crippen MR) is 115 cm³/mol. The standard InChI is InChI=1S/C22H20F3N5OS/c1-12-18-14(19(29(3)27-18)16-11-17(22(23,24)25)26-28(16)2)7-9-30(12)21(31)15-6-4-5-13-8-10-32-20(13)15/h4-6,8,10-12H,7,9H2,1-3H3/t12-/m0/s1. The Bertz CT molecular complexity index is 1350. The fourth-order valence-corrected chi connectivity index (χ4v) is 5.39. The number of aromatic nitrogens is 4. The highest BCUT2D eigenvalue weighted by Gasteiger charge is 2.37. The molecule has 1 aliphatic rings. The van der Waals surface area contributed by atoms with E-state index in [0.29, 0.717) is 35.6 Å². The van der Waals surface area contributed by atoms with Crippen LogP contribution >= 0.6 is 11.3 Å². The van der Waals surface area contributed by atoms with Crippen molar-refractivity contribution in [3.8, 4) is 11.4 Å². The van der Waals surface area contributed by atoms with Crippen LogP contribution in [0.15, 0.2) is 35.7 Å². The fraction of sp³-hybridized carbons (Fsp3) is 0.318. The van der Waals surface area contributed by atoms with Gasteiger partial charge in [-0.05, 0) is 42.3 Å². The second-order valence-electron chi connectivity index (χ2n) is 7.94. The Morgan fingerprint density at radius 3 is 2.66 bits per heavy atom. The van der Waals surface area contributed by atoms with Crippen LogP contribution in [0.5, 0.6) is 0 Å². The second kappa shape index (κ2) is 7.19. The highest BCUT2D eigenvalue weighted by Crippen LogP contribution is 2.38. The van der Waals surface area contributed by atoms with Crippen LogP contribution in [0, 0.1) is 0 Å². The topological polar surface area (TPSA) is 56.0 Å². The van der Waals surface area contributed by atoms with Crippen molar-refractivity contribution in [2.24, 2.45) is 14.1 Å². The van der Waals surface area contributed by atoms with Crippen molar-refractivity contribution in [1.29, 1.82) is 0 Å². The number of rotatable bonds is 2. The van der Waals surface area contributed by atoms with Gasteiger partial charge in [0.2, 0.25) is 0 Å². The number of carbonyl (C=O) groups excluding carboxylic acids is 1. The smallest absolute Gasteiger partial charge is 0.330 e. The Morgan fingerprint density at radius 2 is 1.94 bits per heavy atom. The van der Waals surface area contributed by atoms with Crippen molar-refractivity contribution in [3.05, 3.63) is 58.2 Å². The third-order valence-electron chi connectivity index (χ3n) is 6.03. The molecule has 0 fully saturated rings. The molecule has 0 saturated heterocycles. The summed E-state index contributed by atoms with van der Waals surface area (Å²) in [6.07, 6.45) is -4.02. The van der Waals surface area contributed by atoms with Crippen LogP contribution in [0.4, 0.5) is 13.2 Å². The van der Waals surface area contributed by atoms with Gasteiger partial charge < -0.3 is 4.90 Å². The van der Waals surface area contributed by atoms with E-state index in [1.807, 2.05) is 36.6 Å². The highest BCUT2D eigenvalue weighted by molar-refractivity contribution is 7.17. The van der Waals surface area contributed by atoms with E-state index < -0.39 is 11.9 Å². The van der Waals surface area contributed by atoms with E-state index in [0.717, 1.165) is 21.7 Å². The maximum atomic E-state index is 13.4. The lowest BCUT2D eigenvalue weighted by atomic mass is 9.96. The zero-order chi connectivity index (χ0) is 22.8. The number of hydrogen-bond donors (Lipinski definition) is 0.